The fourth-order valence-electron chi connectivity index (χ4n) is 0. The number of hydrogen-bond acceptors (Lipinski definition) is 0. The Kier molecular flexibility index (Phi) is 469. The van der Waals surface area contributed by atoms with E-state index in [2.05, 4.69) is 0 Å². The van der Waals surface area contributed by atoms with Gasteiger partial charge in [0.25, 0.3) is 0 Å². The van der Waals surface area contributed by atoms with Crippen molar-refractivity contribution in [1.82, 2.24) is 0 Å². The molecule has 0 amide bonds. The topological polar surface area (TPSA) is 176 Å². The van der Waals surface area contributed by atoms with Crippen LogP contribution in [0.2, 0.25) is 0 Å². The van der Waals surface area contributed by atoms with E-state index < -0.39 is 0 Å². The van der Waals surface area contributed by atoms with Crippen LogP contribution in [0.1, 0.15) is 0 Å². The molecule has 0 radical (unpaired) electrons. The van der Waals surface area contributed by atoms with Gasteiger partial charge in [-0.05, 0) is 0 Å². The second kappa shape index (κ2) is 137. The van der Waals surface area contributed by atoms with E-state index in [0.717, 1.165) is 0 Å². The van der Waals surface area contributed by atoms with Crippen molar-refractivity contribution in [3.05, 3.63) is 47.9 Å². The van der Waals surface area contributed by atoms with Gasteiger partial charge >= 0.3 is 56.6 Å². The summed E-state index contributed by atoms with van der Waals surface area (Å²) >= 11 is 0. The molecule has 12 heteroatoms. The Morgan fingerprint density at radius 1 is 0.417 bits per heavy atom. The van der Waals surface area contributed by atoms with E-state index in [4.69, 9.17) is 33.2 Å². The third-order valence-electron chi connectivity index (χ3n) is 0. The van der Waals surface area contributed by atoms with E-state index in [1.807, 2.05) is 0 Å². The molecule has 0 saturated heterocycles. The molecule has 0 heterocycles. The molecule has 0 unspecified atom stereocenters. The maximum Gasteiger partial charge on any atom is 1.00 e. The van der Waals surface area contributed by atoms with E-state index in [1.165, 1.54) is 14.7 Å². The van der Waals surface area contributed by atoms with Crippen molar-refractivity contribution in [1.29, 1.82) is 0 Å². The average molecular weight is 147 g/mol. The summed E-state index contributed by atoms with van der Waals surface area (Å²) in [6.07, 6.45) is 0. The summed E-state index contributed by atoms with van der Waals surface area (Å²) in [6.45, 7) is 0. The van der Waals surface area contributed by atoms with Gasteiger partial charge in [-0.15, -0.1) is 0 Å². The van der Waals surface area contributed by atoms with Crippen LogP contribution in [-0.2, 0) is 0 Å². The minimum absolute atomic E-state index is 0. The molecule has 0 atom stereocenters. The van der Waals surface area contributed by atoms with Crippen LogP contribution < -0.4 is 56.6 Å². The van der Waals surface area contributed by atoms with E-state index in [-0.39, 0.29) is 56.6 Å². The predicted molar refractivity (Wildman–Crippen MR) is 30.2 cm³/mol. The molecule has 48 valence electrons. The monoisotopic (exact) mass is 147 g/mol. The van der Waals surface area contributed by atoms with Crippen molar-refractivity contribution in [2.45, 2.75) is 0 Å². The van der Waals surface area contributed by atoms with Gasteiger partial charge in [0.05, 0.1) is 0 Å². The Morgan fingerprint density at radius 2 is 0.417 bits per heavy atom. The summed E-state index contributed by atoms with van der Waals surface area (Å²) < 4.78 is 0. The summed E-state index contributed by atoms with van der Waals surface area (Å²) in [5.74, 6) is 0. The summed E-state index contributed by atoms with van der Waals surface area (Å²) in [4.78, 5) is 4.50. The Hall–Kier alpha value is -0.278. The van der Waals surface area contributed by atoms with Gasteiger partial charge in [0.2, 0.25) is 0 Å². The first kappa shape index (κ1) is 41.2. The Morgan fingerprint density at radius 3 is 0.417 bits per heavy atom. The molecule has 0 rings (SSSR count). The zero-order valence-corrected chi connectivity index (χ0v) is 7.02. The summed E-state index contributed by atoms with van der Waals surface area (Å²) in [7, 11) is 0. The van der Waals surface area contributed by atoms with Crippen molar-refractivity contribution in [2.24, 2.45) is 0 Å². The second-order valence-corrected chi connectivity index (χ2v) is 0.268. The van der Waals surface area contributed by atoms with E-state index in [0.29, 0.717) is 0 Å². The van der Waals surface area contributed by atoms with Gasteiger partial charge in [-0.2, -0.15) is 0 Å². The molecular formula is Li3N9. The molecule has 0 saturated carbocycles. The molecule has 0 aromatic rings. The van der Waals surface area contributed by atoms with Crippen LogP contribution in [0.5, 0.6) is 0 Å². The van der Waals surface area contributed by atoms with Crippen molar-refractivity contribution in [3.8, 4) is 0 Å². The third-order valence-corrected chi connectivity index (χ3v) is 0. The van der Waals surface area contributed by atoms with Gasteiger partial charge in [-0.3, -0.25) is 14.7 Å². The molecule has 0 aliphatic carbocycles. The Balaban J connectivity index is -0.00000001000. The molecule has 0 aromatic heterocycles. The van der Waals surface area contributed by atoms with Crippen LogP contribution in [-0.4, -0.2) is 0 Å². The molecule has 0 aromatic carbocycles. The van der Waals surface area contributed by atoms with Crippen LogP contribution >= 0.6 is 0 Å². The second-order valence-electron chi connectivity index (χ2n) is 0.268. The number of nitrogens with zero attached hydrogens (tertiary/aromatic N) is 9. The molecule has 12 heavy (non-hydrogen) atoms. The summed E-state index contributed by atoms with van der Waals surface area (Å²) in [5, 5.41) is 0. The van der Waals surface area contributed by atoms with E-state index in [1.54, 1.807) is 0 Å². The molecule has 0 spiro atoms. The van der Waals surface area contributed by atoms with Crippen molar-refractivity contribution in [2.75, 3.05) is 0 Å². The standard InChI is InChI=1S/3Li.3N3/c;;;3*1-3-2/q3*+1;3*-1. The molecule has 0 aliphatic rings. The van der Waals surface area contributed by atoms with Gasteiger partial charge in [-0.25, -0.2) is 0 Å². The van der Waals surface area contributed by atoms with Crippen molar-refractivity contribution < 1.29 is 56.6 Å². The SMILES string of the molecule is [Li+].[Li+].[Li+].[N-]=[N+]=[N-].[N-]=[N+]=[N-].[N-]=[N+]=[N-]. The first-order chi connectivity index (χ1) is 4.24. The van der Waals surface area contributed by atoms with Crippen LogP contribution in [0.3, 0.4) is 0 Å². The van der Waals surface area contributed by atoms with Crippen LogP contribution in [0.4, 0.5) is 0 Å². The van der Waals surface area contributed by atoms with Crippen molar-refractivity contribution >= 4 is 0 Å². The fraction of sp³-hybridized carbons (Fsp3) is 0. The molecule has 9 nitrogen and oxygen atoms in total. The molecule has 0 bridgehead atoms. The maximum absolute atomic E-state index is 6.75. The van der Waals surface area contributed by atoms with Crippen LogP contribution in [0, 0.1) is 0 Å². The third kappa shape index (κ3) is 9580. The average Bonchev–Trinajstić information content (AvgIpc) is 1.70. The molecule has 0 N–H and O–H groups in total. The van der Waals surface area contributed by atoms with Gasteiger partial charge in [0.1, 0.15) is 0 Å². The summed E-state index contributed by atoms with van der Waals surface area (Å²) in [5.41, 5.74) is 40.5. The van der Waals surface area contributed by atoms with E-state index >= 15 is 0 Å². The van der Waals surface area contributed by atoms with Crippen LogP contribution in [0.15, 0.2) is 0 Å². The molecule has 0 aliphatic heterocycles. The predicted octanol–water partition coefficient (Wildman–Crippen LogP) is -6.39. The quantitative estimate of drug-likeness (QED) is 0.137. The number of rotatable bonds is 0. The number of hydrogen-bond donors (Lipinski definition) is 0. The summed E-state index contributed by atoms with van der Waals surface area (Å²) in [6, 6.07) is 0. The van der Waals surface area contributed by atoms with E-state index in [9.17, 15) is 0 Å². The first-order valence-corrected chi connectivity index (χ1v) is 1.20. The van der Waals surface area contributed by atoms with Gasteiger partial charge in [0, 0.05) is 0 Å². The first-order valence-electron chi connectivity index (χ1n) is 1.20. The van der Waals surface area contributed by atoms with Gasteiger partial charge in [0.15, 0.2) is 0 Å². The minimum Gasteiger partial charge on any atom is -0.373 e. The molecule has 0 fully saturated rings. The smallest absolute Gasteiger partial charge is 0.373 e. The normalized spacial score (nSPS) is 2.00. The van der Waals surface area contributed by atoms with Crippen molar-refractivity contribution in [3.63, 3.8) is 0 Å². The Bertz CT molecular complexity index is 101. The largest absolute Gasteiger partial charge is 1.00 e. The van der Waals surface area contributed by atoms with Gasteiger partial charge < -0.3 is 33.2 Å². The molecular weight excluding hydrogens is 147 g/mol. The fourth-order valence-corrected chi connectivity index (χ4v) is 0. The zero-order valence-electron chi connectivity index (χ0n) is 7.02. The van der Waals surface area contributed by atoms with Crippen LogP contribution in [0.25, 0.3) is 47.9 Å². The Labute approximate surface area is 104 Å². The van der Waals surface area contributed by atoms with Gasteiger partial charge in [-0.1, -0.05) is 0 Å². The maximum atomic E-state index is 6.75. The minimum atomic E-state index is 0. The zero-order chi connectivity index (χ0) is 8.12.